The molecule has 1 heterocycles. The molecule has 2 heteroatoms. The van der Waals surface area contributed by atoms with Gasteiger partial charge in [0.2, 0.25) is 0 Å². The summed E-state index contributed by atoms with van der Waals surface area (Å²) in [6.45, 7) is 11.0. The van der Waals surface area contributed by atoms with Gasteiger partial charge in [0, 0.05) is 18.6 Å². The van der Waals surface area contributed by atoms with Crippen molar-refractivity contribution in [2.24, 2.45) is 11.8 Å². The molecule has 2 rings (SSSR count). The zero-order valence-corrected chi connectivity index (χ0v) is 14.0. The van der Waals surface area contributed by atoms with Crippen molar-refractivity contribution in [3.8, 4) is 0 Å². The second-order valence-electron chi connectivity index (χ2n) is 7.40. The molecule has 1 saturated heterocycles. The highest BCUT2D eigenvalue weighted by Gasteiger charge is 2.32. The zero-order chi connectivity index (χ0) is 14.4. The van der Waals surface area contributed by atoms with E-state index >= 15 is 0 Å². The van der Waals surface area contributed by atoms with E-state index in [1.165, 1.54) is 71.0 Å². The maximum Gasteiger partial charge on any atom is 0.0195 e. The summed E-state index contributed by atoms with van der Waals surface area (Å²) in [5.41, 5.74) is 0. The van der Waals surface area contributed by atoms with E-state index in [4.69, 9.17) is 0 Å². The number of hydrogen-bond donors (Lipinski definition) is 1. The van der Waals surface area contributed by atoms with Crippen LogP contribution in [0.1, 0.15) is 72.1 Å². The monoisotopic (exact) mass is 280 g/mol. The third-order valence-corrected chi connectivity index (χ3v) is 5.48. The molecule has 0 aromatic rings. The molecule has 0 radical (unpaired) electrons. The third-order valence-electron chi connectivity index (χ3n) is 5.48. The first-order valence-electron chi connectivity index (χ1n) is 9.19. The number of hydrogen-bond acceptors (Lipinski definition) is 2. The lowest BCUT2D eigenvalue weighted by molar-refractivity contribution is 0.0672. The van der Waals surface area contributed by atoms with Crippen LogP contribution in [0.5, 0.6) is 0 Å². The molecule has 2 nitrogen and oxygen atoms in total. The molecule has 0 amide bonds. The second-order valence-corrected chi connectivity index (χ2v) is 7.40. The Morgan fingerprint density at radius 1 is 1.05 bits per heavy atom. The fraction of sp³-hybridized carbons (Fsp3) is 1.00. The first-order chi connectivity index (χ1) is 9.72. The van der Waals surface area contributed by atoms with E-state index < -0.39 is 0 Å². The molecular weight excluding hydrogens is 244 g/mol. The maximum atomic E-state index is 3.75. The van der Waals surface area contributed by atoms with Gasteiger partial charge >= 0.3 is 0 Å². The van der Waals surface area contributed by atoms with Crippen molar-refractivity contribution < 1.29 is 0 Å². The Labute approximate surface area is 126 Å². The minimum absolute atomic E-state index is 0.755. The average molecular weight is 280 g/mol. The molecular formula is C18H36N2. The molecule has 0 spiro atoms. The van der Waals surface area contributed by atoms with Gasteiger partial charge in [-0.3, -0.25) is 4.90 Å². The molecule has 1 saturated carbocycles. The highest BCUT2D eigenvalue weighted by molar-refractivity contribution is 4.87. The van der Waals surface area contributed by atoms with Crippen LogP contribution >= 0.6 is 0 Å². The topological polar surface area (TPSA) is 15.3 Å². The highest BCUT2D eigenvalue weighted by Crippen LogP contribution is 2.34. The fourth-order valence-corrected chi connectivity index (χ4v) is 4.41. The Morgan fingerprint density at radius 3 is 2.45 bits per heavy atom. The fourth-order valence-electron chi connectivity index (χ4n) is 4.41. The van der Waals surface area contributed by atoms with E-state index in [-0.39, 0.29) is 0 Å². The van der Waals surface area contributed by atoms with Crippen LogP contribution in [0.2, 0.25) is 0 Å². The quantitative estimate of drug-likeness (QED) is 0.789. The Morgan fingerprint density at radius 2 is 1.80 bits per heavy atom. The smallest absolute Gasteiger partial charge is 0.0195 e. The van der Waals surface area contributed by atoms with E-state index in [2.05, 4.69) is 31.0 Å². The predicted molar refractivity (Wildman–Crippen MR) is 88.1 cm³/mol. The standard InChI is InChI=1S/C18H36N2/c1-4-13-20(14-16-9-7-8-12-19-16)18-11-6-5-10-17(18)15(2)3/h15-19H,4-14H2,1-3H3. The van der Waals surface area contributed by atoms with Gasteiger partial charge in [0.25, 0.3) is 0 Å². The summed E-state index contributed by atoms with van der Waals surface area (Å²) in [4.78, 5) is 2.85. The van der Waals surface area contributed by atoms with E-state index in [0.717, 1.165) is 23.9 Å². The molecule has 0 aromatic heterocycles. The van der Waals surface area contributed by atoms with E-state index in [0.29, 0.717) is 0 Å². The molecule has 20 heavy (non-hydrogen) atoms. The lowest BCUT2D eigenvalue weighted by atomic mass is 9.77. The van der Waals surface area contributed by atoms with E-state index in [1.807, 2.05) is 0 Å². The number of nitrogens with zero attached hydrogens (tertiary/aromatic N) is 1. The summed E-state index contributed by atoms with van der Waals surface area (Å²) < 4.78 is 0. The third kappa shape index (κ3) is 4.46. The van der Waals surface area contributed by atoms with Crippen molar-refractivity contribution in [2.45, 2.75) is 84.2 Å². The van der Waals surface area contributed by atoms with Crippen LogP contribution in [0.4, 0.5) is 0 Å². The summed E-state index contributed by atoms with van der Waals surface area (Å²) >= 11 is 0. The van der Waals surface area contributed by atoms with Crippen LogP contribution in [0.25, 0.3) is 0 Å². The van der Waals surface area contributed by atoms with Gasteiger partial charge in [-0.25, -0.2) is 0 Å². The summed E-state index contributed by atoms with van der Waals surface area (Å²) in [6.07, 6.45) is 11.3. The van der Waals surface area contributed by atoms with Gasteiger partial charge in [-0.2, -0.15) is 0 Å². The normalized spacial score (nSPS) is 31.9. The van der Waals surface area contributed by atoms with Gasteiger partial charge in [0.05, 0.1) is 0 Å². The Kier molecular flexibility index (Phi) is 6.83. The SMILES string of the molecule is CCCN(CC1CCCCN1)C1CCCCC1C(C)C. The summed E-state index contributed by atoms with van der Waals surface area (Å²) in [5.74, 6) is 1.78. The molecule has 118 valence electrons. The largest absolute Gasteiger partial charge is 0.313 e. The molecule has 1 aliphatic carbocycles. The molecule has 2 aliphatic rings. The Hall–Kier alpha value is -0.0800. The molecule has 3 atom stereocenters. The maximum absolute atomic E-state index is 3.75. The van der Waals surface area contributed by atoms with Gasteiger partial charge in [0.15, 0.2) is 0 Å². The Balaban J connectivity index is 1.97. The number of rotatable bonds is 6. The van der Waals surface area contributed by atoms with Crippen molar-refractivity contribution >= 4 is 0 Å². The lowest BCUT2D eigenvalue weighted by Gasteiger charge is -2.43. The lowest BCUT2D eigenvalue weighted by Crippen LogP contribution is -2.51. The average Bonchev–Trinajstić information content (AvgIpc) is 2.48. The predicted octanol–water partition coefficient (Wildman–Crippen LogP) is 4.06. The Bertz CT molecular complexity index is 258. The molecule has 1 aliphatic heterocycles. The van der Waals surface area contributed by atoms with E-state index in [9.17, 15) is 0 Å². The van der Waals surface area contributed by atoms with E-state index in [1.54, 1.807) is 0 Å². The van der Waals surface area contributed by atoms with Crippen LogP contribution in [0.15, 0.2) is 0 Å². The van der Waals surface area contributed by atoms with Crippen LogP contribution in [-0.2, 0) is 0 Å². The molecule has 0 bridgehead atoms. The first-order valence-corrected chi connectivity index (χ1v) is 9.19. The summed E-state index contributed by atoms with van der Waals surface area (Å²) in [7, 11) is 0. The minimum atomic E-state index is 0.755. The van der Waals surface area contributed by atoms with Gasteiger partial charge in [-0.1, -0.05) is 40.0 Å². The van der Waals surface area contributed by atoms with Gasteiger partial charge in [-0.15, -0.1) is 0 Å². The minimum Gasteiger partial charge on any atom is -0.313 e. The first kappa shape index (κ1) is 16.3. The van der Waals surface area contributed by atoms with Crippen LogP contribution in [-0.4, -0.2) is 36.6 Å². The summed E-state index contributed by atoms with van der Waals surface area (Å²) in [6, 6.07) is 1.61. The van der Waals surface area contributed by atoms with Crippen molar-refractivity contribution in [2.75, 3.05) is 19.6 Å². The molecule has 1 N–H and O–H groups in total. The molecule has 3 unspecified atom stereocenters. The van der Waals surface area contributed by atoms with Crippen molar-refractivity contribution in [1.82, 2.24) is 10.2 Å². The number of nitrogens with one attached hydrogen (secondary N) is 1. The van der Waals surface area contributed by atoms with Crippen LogP contribution < -0.4 is 5.32 Å². The van der Waals surface area contributed by atoms with Gasteiger partial charge < -0.3 is 5.32 Å². The van der Waals surface area contributed by atoms with Crippen molar-refractivity contribution in [3.05, 3.63) is 0 Å². The molecule has 2 fully saturated rings. The van der Waals surface area contributed by atoms with Crippen molar-refractivity contribution in [1.29, 1.82) is 0 Å². The number of piperidine rings is 1. The van der Waals surface area contributed by atoms with Crippen molar-refractivity contribution in [3.63, 3.8) is 0 Å². The molecule has 0 aromatic carbocycles. The van der Waals surface area contributed by atoms with Crippen LogP contribution in [0.3, 0.4) is 0 Å². The summed E-state index contributed by atoms with van der Waals surface area (Å²) in [5, 5.41) is 3.75. The van der Waals surface area contributed by atoms with Crippen LogP contribution in [0, 0.1) is 11.8 Å². The second kappa shape index (κ2) is 8.38. The van der Waals surface area contributed by atoms with Gasteiger partial charge in [-0.05, 0) is 57.0 Å². The zero-order valence-electron chi connectivity index (χ0n) is 14.0. The highest BCUT2D eigenvalue weighted by atomic mass is 15.2. The van der Waals surface area contributed by atoms with Gasteiger partial charge in [0.1, 0.15) is 0 Å².